The molecule has 0 unspecified atom stereocenters. The Morgan fingerprint density at radius 3 is 2.47 bits per heavy atom. The minimum Gasteiger partial charge on any atom is -0.370 e. The standard InChI is InChI=1S/C25H29FN2O4/c1-17(2)12-27-13-21(32-16-19-7-6-8-20(26)11-19)14-28(15-24(27)30)25(31)23-10-5-4-9-22(23)18(3)29/h4-11,17,21H,12-16H2,1-3H3/t21-/m1/s1. The summed E-state index contributed by atoms with van der Waals surface area (Å²) >= 11 is 0. The fourth-order valence-electron chi connectivity index (χ4n) is 3.84. The smallest absolute Gasteiger partial charge is 0.255 e. The molecule has 1 fully saturated rings. The zero-order valence-electron chi connectivity index (χ0n) is 18.7. The van der Waals surface area contributed by atoms with Gasteiger partial charge in [-0.25, -0.2) is 4.39 Å². The summed E-state index contributed by atoms with van der Waals surface area (Å²) < 4.78 is 19.6. The van der Waals surface area contributed by atoms with E-state index in [9.17, 15) is 18.8 Å². The quantitative estimate of drug-likeness (QED) is 0.618. The van der Waals surface area contributed by atoms with Crippen molar-refractivity contribution in [1.29, 1.82) is 0 Å². The molecule has 1 atom stereocenters. The van der Waals surface area contributed by atoms with Crippen molar-refractivity contribution in [3.8, 4) is 0 Å². The highest BCUT2D eigenvalue weighted by atomic mass is 19.1. The molecule has 1 aliphatic rings. The highest BCUT2D eigenvalue weighted by Gasteiger charge is 2.32. The average Bonchev–Trinajstić information content (AvgIpc) is 2.90. The number of hydrogen-bond donors (Lipinski definition) is 0. The maximum Gasteiger partial charge on any atom is 0.255 e. The molecule has 1 aliphatic heterocycles. The summed E-state index contributed by atoms with van der Waals surface area (Å²) in [6.45, 7) is 6.61. The van der Waals surface area contributed by atoms with Gasteiger partial charge in [0.15, 0.2) is 5.78 Å². The Labute approximate surface area is 188 Å². The van der Waals surface area contributed by atoms with Crippen LogP contribution >= 0.6 is 0 Å². The Morgan fingerprint density at radius 1 is 1.09 bits per heavy atom. The molecule has 2 amide bonds. The summed E-state index contributed by atoms with van der Waals surface area (Å²) in [6.07, 6.45) is -0.447. The lowest BCUT2D eigenvalue weighted by atomic mass is 10.0. The Balaban J connectivity index is 1.83. The molecule has 170 valence electrons. The number of benzene rings is 2. The molecule has 7 heteroatoms. The lowest BCUT2D eigenvalue weighted by Crippen LogP contribution is -2.40. The summed E-state index contributed by atoms with van der Waals surface area (Å²) in [5.74, 6) is -0.848. The maximum atomic E-state index is 13.5. The second kappa shape index (κ2) is 10.5. The van der Waals surface area contributed by atoms with Crippen molar-refractivity contribution >= 4 is 17.6 Å². The minimum atomic E-state index is -0.447. The van der Waals surface area contributed by atoms with E-state index >= 15 is 0 Å². The first-order valence-electron chi connectivity index (χ1n) is 10.8. The van der Waals surface area contributed by atoms with Crippen molar-refractivity contribution in [3.63, 3.8) is 0 Å². The van der Waals surface area contributed by atoms with Gasteiger partial charge in [-0.1, -0.05) is 44.2 Å². The molecule has 1 heterocycles. The summed E-state index contributed by atoms with van der Waals surface area (Å²) in [4.78, 5) is 41.4. The fraction of sp³-hybridized carbons (Fsp3) is 0.400. The van der Waals surface area contributed by atoms with Gasteiger partial charge in [0.2, 0.25) is 5.91 Å². The Kier molecular flexibility index (Phi) is 7.75. The number of rotatable bonds is 7. The van der Waals surface area contributed by atoms with Crippen LogP contribution in [0.25, 0.3) is 0 Å². The van der Waals surface area contributed by atoms with Crippen LogP contribution in [-0.4, -0.2) is 59.7 Å². The number of carbonyl (C=O) groups is 3. The van der Waals surface area contributed by atoms with Gasteiger partial charge in [-0.05, 0) is 36.6 Å². The van der Waals surface area contributed by atoms with Gasteiger partial charge in [-0.2, -0.15) is 0 Å². The van der Waals surface area contributed by atoms with E-state index in [0.29, 0.717) is 24.2 Å². The second-order valence-electron chi connectivity index (χ2n) is 8.54. The molecule has 0 aliphatic carbocycles. The van der Waals surface area contributed by atoms with E-state index in [1.165, 1.54) is 24.0 Å². The molecule has 1 saturated heterocycles. The Hall–Kier alpha value is -3.06. The zero-order chi connectivity index (χ0) is 23.3. The number of halogens is 1. The van der Waals surface area contributed by atoms with E-state index in [1.807, 2.05) is 13.8 Å². The lowest BCUT2D eigenvalue weighted by Gasteiger charge is -2.26. The molecule has 32 heavy (non-hydrogen) atoms. The third-order valence-corrected chi connectivity index (χ3v) is 5.31. The molecule has 2 aromatic rings. The monoisotopic (exact) mass is 440 g/mol. The summed E-state index contributed by atoms with van der Waals surface area (Å²) in [6, 6.07) is 12.8. The normalized spacial score (nSPS) is 16.9. The van der Waals surface area contributed by atoms with Crippen LogP contribution in [0.4, 0.5) is 4.39 Å². The summed E-state index contributed by atoms with van der Waals surface area (Å²) in [5.41, 5.74) is 1.27. The van der Waals surface area contributed by atoms with Crippen LogP contribution < -0.4 is 0 Å². The van der Waals surface area contributed by atoms with Gasteiger partial charge in [0.1, 0.15) is 12.4 Å². The first kappa shape index (κ1) is 23.6. The fourth-order valence-corrected chi connectivity index (χ4v) is 3.84. The third kappa shape index (κ3) is 6.01. The van der Waals surface area contributed by atoms with Gasteiger partial charge in [0, 0.05) is 25.2 Å². The number of ether oxygens (including phenoxy) is 1. The van der Waals surface area contributed by atoms with Crippen molar-refractivity contribution in [2.24, 2.45) is 5.92 Å². The van der Waals surface area contributed by atoms with E-state index in [-0.39, 0.29) is 54.6 Å². The molecule has 6 nitrogen and oxygen atoms in total. The number of ketones is 1. The Morgan fingerprint density at radius 2 is 1.81 bits per heavy atom. The topological polar surface area (TPSA) is 66.9 Å². The van der Waals surface area contributed by atoms with Crippen molar-refractivity contribution in [2.45, 2.75) is 33.5 Å². The maximum absolute atomic E-state index is 13.5. The number of Topliss-reactive ketones (excluding diaryl/α,β-unsaturated/α-hetero) is 1. The van der Waals surface area contributed by atoms with Crippen LogP contribution in [0.1, 0.15) is 47.1 Å². The lowest BCUT2D eigenvalue weighted by molar-refractivity contribution is -0.132. The van der Waals surface area contributed by atoms with E-state index < -0.39 is 6.10 Å². The van der Waals surface area contributed by atoms with Gasteiger partial charge >= 0.3 is 0 Å². The number of nitrogens with zero attached hydrogens (tertiary/aromatic N) is 2. The molecule has 0 aromatic heterocycles. The van der Waals surface area contributed by atoms with Gasteiger partial charge in [-0.15, -0.1) is 0 Å². The highest BCUT2D eigenvalue weighted by Crippen LogP contribution is 2.18. The van der Waals surface area contributed by atoms with Gasteiger partial charge < -0.3 is 14.5 Å². The predicted molar refractivity (Wildman–Crippen MR) is 119 cm³/mol. The molecule has 0 saturated carbocycles. The largest absolute Gasteiger partial charge is 0.370 e. The number of amides is 2. The predicted octanol–water partition coefficient (Wildman–Crippen LogP) is 3.55. The molecule has 0 N–H and O–H groups in total. The number of carbonyl (C=O) groups excluding carboxylic acids is 3. The van der Waals surface area contributed by atoms with Crippen LogP contribution in [-0.2, 0) is 16.1 Å². The van der Waals surface area contributed by atoms with E-state index in [1.54, 1.807) is 41.3 Å². The van der Waals surface area contributed by atoms with Crippen molar-refractivity contribution in [1.82, 2.24) is 9.80 Å². The molecular weight excluding hydrogens is 411 g/mol. The van der Waals surface area contributed by atoms with Crippen molar-refractivity contribution < 1.29 is 23.5 Å². The summed E-state index contributed by atoms with van der Waals surface area (Å²) in [7, 11) is 0. The zero-order valence-corrected chi connectivity index (χ0v) is 18.7. The van der Waals surface area contributed by atoms with Crippen LogP contribution in [0, 0.1) is 11.7 Å². The summed E-state index contributed by atoms with van der Waals surface area (Å²) in [5, 5.41) is 0. The molecule has 0 spiro atoms. The first-order chi connectivity index (χ1) is 15.2. The van der Waals surface area contributed by atoms with Crippen LogP contribution in [0.3, 0.4) is 0 Å². The van der Waals surface area contributed by atoms with Gasteiger partial charge in [0.25, 0.3) is 5.91 Å². The molecule has 0 bridgehead atoms. The van der Waals surface area contributed by atoms with E-state index in [0.717, 1.165) is 0 Å². The molecule has 3 rings (SSSR count). The molecule has 0 radical (unpaired) electrons. The van der Waals surface area contributed by atoms with E-state index in [2.05, 4.69) is 0 Å². The minimum absolute atomic E-state index is 0.0857. The number of hydrogen-bond acceptors (Lipinski definition) is 4. The van der Waals surface area contributed by atoms with Gasteiger partial charge in [0.05, 0.1) is 18.3 Å². The molecular formula is C25H29FN2O4. The van der Waals surface area contributed by atoms with Crippen LogP contribution in [0.5, 0.6) is 0 Å². The molecule has 2 aromatic carbocycles. The van der Waals surface area contributed by atoms with E-state index in [4.69, 9.17) is 4.74 Å². The third-order valence-electron chi connectivity index (χ3n) is 5.31. The second-order valence-corrected chi connectivity index (χ2v) is 8.54. The first-order valence-corrected chi connectivity index (χ1v) is 10.8. The SMILES string of the molecule is CC(=O)c1ccccc1C(=O)N1CC(=O)N(CC(C)C)C[C@@H](OCc2cccc(F)c2)C1. The highest BCUT2D eigenvalue weighted by molar-refractivity contribution is 6.07. The van der Waals surface area contributed by atoms with Crippen molar-refractivity contribution in [3.05, 3.63) is 71.0 Å². The Bertz CT molecular complexity index is 991. The van der Waals surface area contributed by atoms with Gasteiger partial charge in [-0.3, -0.25) is 14.4 Å². The average molecular weight is 441 g/mol. The van der Waals surface area contributed by atoms with Crippen LogP contribution in [0.15, 0.2) is 48.5 Å². The van der Waals surface area contributed by atoms with Crippen molar-refractivity contribution in [2.75, 3.05) is 26.2 Å². The van der Waals surface area contributed by atoms with Crippen LogP contribution in [0.2, 0.25) is 0 Å².